The Morgan fingerprint density at radius 2 is 1.89 bits per heavy atom. The van der Waals surface area contributed by atoms with E-state index in [1.807, 2.05) is 6.21 Å². The zero-order valence-electron chi connectivity index (χ0n) is 20.3. The summed E-state index contributed by atoms with van der Waals surface area (Å²) in [4.78, 5) is 12.2. The minimum absolute atomic E-state index is 0.00991. The van der Waals surface area contributed by atoms with Gasteiger partial charge in [-0.15, -0.1) is 0 Å². The molecule has 5 rings (SSSR count). The van der Waals surface area contributed by atoms with Crippen molar-refractivity contribution in [3.8, 4) is 0 Å². The molecule has 0 aromatic carbocycles. The number of piperidine rings is 1. The fraction of sp³-hybridized carbons (Fsp3) is 0.880. The number of nitrogens with one attached hydrogen (secondary N) is 1. The number of alkyl halides is 4. The van der Waals surface area contributed by atoms with E-state index < -0.39 is 12.1 Å². The molecule has 1 saturated carbocycles. The molecule has 0 amide bonds. The lowest BCUT2D eigenvalue weighted by atomic mass is 9.81. The molecule has 5 atom stereocenters. The maximum Gasteiger partial charge on any atom is 0.391 e. The summed E-state index contributed by atoms with van der Waals surface area (Å²) in [7, 11) is 0. The van der Waals surface area contributed by atoms with Crippen molar-refractivity contribution in [1.82, 2.24) is 15.2 Å². The first-order valence-electron chi connectivity index (χ1n) is 13.4. The molecule has 1 saturated heterocycles. The molecular weight excluding hydrogens is 521 g/mol. The normalized spacial score (nSPS) is 38.5. The summed E-state index contributed by atoms with van der Waals surface area (Å²) < 4.78 is 39.1. The SMILES string of the molecule is FC(F)(F)C1CCC(CN2CCCC(C3=NC4C(Br)C=NN4C(NCC4C=NCCC4)C3)C2)CC1. The molecule has 0 bridgehead atoms. The summed E-state index contributed by atoms with van der Waals surface area (Å²) in [6, 6.07) is 0. The molecule has 4 heterocycles. The van der Waals surface area contributed by atoms with Gasteiger partial charge in [-0.05, 0) is 63.8 Å². The number of hydrogen-bond donors (Lipinski definition) is 1. The molecular formula is C25H38BrF3N6. The molecule has 1 aliphatic carbocycles. The summed E-state index contributed by atoms with van der Waals surface area (Å²) in [5, 5.41) is 10.5. The largest absolute Gasteiger partial charge is 0.391 e. The zero-order valence-corrected chi connectivity index (χ0v) is 21.9. The number of rotatable bonds is 6. The van der Waals surface area contributed by atoms with Gasteiger partial charge in [-0.2, -0.15) is 18.3 Å². The van der Waals surface area contributed by atoms with Gasteiger partial charge in [0.15, 0.2) is 6.17 Å². The Labute approximate surface area is 215 Å². The topological polar surface area (TPSA) is 55.6 Å². The van der Waals surface area contributed by atoms with Gasteiger partial charge in [0.25, 0.3) is 0 Å². The predicted octanol–water partition coefficient (Wildman–Crippen LogP) is 4.70. The predicted molar refractivity (Wildman–Crippen MR) is 137 cm³/mol. The van der Waals surface area contributed by atoms with Crippen LogP contribution in [-0.4, -0.2) is 84.1 Å². The third kappa shape index (κ3) is 6.29. The highest BCUT2D eigenvalue weighted by molar-refractivity contribution is 9.10. The number of hydrogen-bond acceptors (Lipinski definition) is 6. The number of halogens is 4. The lowest BCUT2D eigenvalue weighted by Crippen LogP contribution is -2.54. The van der Waals surface area contributed by atoms with E-state index in [4.69, 9.17) is 4.99 Å². The fourth-order valence-corrected chi connectivity index (χ4v) is 6.96. The molecule has 0 spiro atoms. The Balaban J connectivity index is 1.18. The number of aliphatic imine (C=N–C) groups is 2. The summed E-state index contributed by atoms with van der Waals surface area (Å²) >= 11 is 3.75. The Kier molecular flexibility index (Phi) is 8.18. The lowest BCUT2D eigenvalue weighted by Gasteiger charge is -2.42. The first kappa shape index (κ1) is 25.6. The van der Waals surface area contributed by atoms with E-state index in [-0.39, 0.29) is 17.2 Å². The van der Waals surface area contributed by atoms with Crippen LogP contribution in [0.2, 0.25) is 0 Å². The van der Waals surface area contributed by atoms with Gasteiger partial charge in [0.1, 0.15) is 6.17 Å². The van der Waals surface area contributed by atoms with Crippen molar-refractivity contribution in [1.29, 1.82) is 0 Å². The van der Waals surface area contributed by atoms with Gasteiger partial charge < -0.3 is 4.90 Å². The third-order valence-corrected chi connectivity index (χ3v) is 9.22. The second kappa shape index (κ2) is 11.2. The standard InChI is InChI=1S/C25H38BrF3N6/c26-21-14-32-35-23(31-13-18-3-1-9-30-12-18)11-22(33-24(21)35)19-4-2-10-34(16-19)15-17-5-7-20(8-6-17)25(27,28)29/h12,14,17-21,23-24,31H,1-11,13,15-16H2. The Morgan fingerprint density at radius 1 is 1.06 bits per heavy atom. The van der Waals surface area contributed by atoms with E-state index >= 15 is 0 Å². The molecule has 0 aromatic rings. The van der Waals surface area contributed by atoms with Crippen molar-refractivity contribution >= 4 is 34.1 Å². The van der Waals surface area contributed by atoms with Crippen LogP contribution < -0.4 is 5.32 Å². The molecule has 1 N–H and O–H groups in total. The van der Waals surface area contributed by atoms with Crippen LogP contribution in [0, 0.1) is 23.7 Å². The average molecular weight is 560 g/mol. The van der Waals surface area contributed by atoms with Crippen molar-refractivity contribution < 1.29 is 13.2 Å². The lowest BCUT2D eigenvalue weighted by molar-refractivity contribution is -0.184. The summed E-state index contributed by atoms with van der Waals surface area (Å²) in [5.74, 6) is 0.187. The maximum atomic E-state index is 13.0. The number of hydrazone groups is 1. The highest BCUT2D eigenvalue weighted by atomic mass is 79.9. The van der Waals surface area contributed by atoms with E-state index in [0.29, 0.717) is 43.4 Å². The van der Waals surface area contributed by atoms with Crippen LogP contribution in [0.3, 0.4) is 0 Å². The molecule has 0 aromatic heterocycles. The van der Waals surface area contributed by atoms with Gasteiger partial charge in [0, 0.05) is 62.6 Å². The van der Waals surface area contributed by atoms with Crippen LogP contribution in [-0.2, 0) is 0 Å². The third-order valence-electron chi connectivity index (χ3n) is 8.52. The molecule has 10 heteroatoms. The molecule has 5 unspecified atom stereocenters. The smallest absolute Gasteiger partial charge is 0.302 e. The van der Waals surface area contributed by atoms with Crippen molar-refractivity contribution in [2.45, 2.75) is 81.1 Å². The highest BCUT2D eigenvalue weighted by Gasteiger charge is 2.43. The monoisotopic (exact) mass is 558 g/mol. The number of nitrogens with zero attached hydrogens (tertiary/aromatic N) is 5. The molecule has 0 radical (unpaired) electrons. The Morgan fingerprint density at radius 3 is 2.63 bits per heavy atom. The van der Waals surface area contributed by atoms with E-state index in [2.05, 4.69) is 47.5 Å². The Bertz CT molecular complexity index is 810. The van der Waals surface area contributed by atoms with E-state index in [9.17, 15) is 13.2 Å². The first-order valence-corrected chi connectivity index (χ1v) is 14.3. The zero-order chi connectivity index (χ0) is 24.4. The first-order chi connectivity index (χ1) is 16.9. The van der Waals surface area contributed by atoms with Crippen LogP contribution in [0.4, 0.5) is 13.2 Å². The van der Waals surface area contributed by atoms with Gasteiger partial charge in [0.05, 0.1) is 10.7 Å². The van der Waals surface area contributed by atoms with Crippen LogP contribution in [0.5, 0.6) is 0 Å². The number of fused-ring (bicyclic) bond motifs is 1. The summed E-state index contributed by atoms with van der Waals surface area (Å²) in [6.07, 6.45) is 7.59. The van der Waals surface area contributed by atoms with E-state index in [1.54, 1.807) is 0 Å². The van der Waals surface area contributed by atoms with Crippen LogP contribution in [0.1, 0.15) is 57.8 Å². The second-order valence-electron chi connectivity index (χ2n) is 11.1. The fourth-order valence-electron chi connectivity index (χ4n) is 6.49. The molecule has 35 heavy (non-hydrogen) atoms. The molecule has 6 nitrogen and oxygen atoms in total. The van der Waals surface area contributed by atoms with Gasteiger partial charge >= 0.3 is 6.18 Å². The van der Waals surface area contributed by atoms with Crippen LogP contribution >= 0.6 is 15.9 Å². The van der Waals surface area contributed by atoms with Crippen LogP contribution in [0.15, 0.2) is 15.1 Å². The van der Waals surface area contributed by atoms with Gasteiger partial charge in [-0.1, -0.05) is 15.9 Å². The average Bonchev–Trinajstić information content (AvgIpc) is 3.24. The van der Waals surface area contributed by atoms with Crippen molar-refractivity contribution in [3.05, 3.63) is 0 Å². The van der Waals surface area contributed by atoms with Gasteiger partial charge in [-0.3, -0.25) is 20.3 Å². The molecule has 4 aliphatic heterocycles. The second-order valence-corrected chi connectivity index (χ2v) is 12.1. The van der Waals surface area contributed by atoms with E-state index in [0.717, 1.165) is 58.4 Å². The highest BCUT2D eigenvalue weighted by Crippen LogP contribution is 2.40. The quantitative estimate of drug-likeness (QED) is 0.481. The number of likely N-dealkylation sites (tertiary alicyclic amines) is 1. The van der Waals surface area contributed by atoms with Crippen molar-refractivity contribution in [2.75, 3.05) is 32.7 Å². The van der Waals surface area contributed by atoms with Crippen molar-refractivity contribution in [3.63, 3.8) is 0 Å². The van der Waals surface area contributed by atoms with Gasteiger partial charge in [-0.25, -0.2) is 0 Å². The molecule has 196 valence electrons. The van der Waals surface area contributed by atoms with Crippen LogP contribution in [0.25, 0.3) is 0 Å². The summed E-state index contributed by atoms with van der Waals surface area (Å²) in [5.41, 5.74) is 1.28. The summed E-state index contributed by atoms with van der Waals surface area (Å²) in [6.45, 7) is 4.80. The van der Waals surface area contributed by atoms with Crippen molar-refractivity contribution in [2.24, 2.45) is 38.8 Å². The van der Waals surface area contributed by atoms with E-state index in [1.165, 1.54) is 12.1 Å². The maximum absolute atomic E-state index is 13.0. The Hall–Kier alpha value is -1.00. The minimum Gasteiger partial charge on any atom is -0.302 e. The molecule has 2 fully saturated rings. The minimum atomic E-state index is -4.03. The molecule has 5 aliphatic rings. The van der Waals surface area contributed by atoms with Gasteiger partial charge in [0.2, 0.25) is 0 Å².